The Bertz CT molecular complexity index is 1330. The summed E-state index contributed by atoms with van der Waals surface area (Å²) < 4.78 is 26.0. The largest absolute Gasteiger partial charge is 0.481 e. The first kappa shape index (κ1) is 21.8. The zero-order valence-corrected chi connectivity index (χ0v) is 18.5. The smallest absolute Gasteiger partial charge is 0.306 e. The molecule has 174 valence electrons. The Morgan fingerprint density at radius 1 is 1.03 bits per heavy atom. The second-order valence-corrected chi connectivity index (χ2v) is 8.32. The number of pyridine rings is 2. The predicted molar refractivity (Wildman–Crippen MR) is 123 cm³/mol. The van der Waals surface area contributed by atoms with Crippen LogP contribution in [0.5, 0.6) is 11.8 Å². The summed E-state index contributed by atoms with van der Waals surface area (Å²) in [6, 6.07) is 12.0. The molecule has 0 amide bonds. The van der Waals surface area contributed by atoms with E-state index >= 15 is 0 Å². The Morgan fingerprint density at radius 3 is 2.47 bits per heavy atom. The molecule has 0 radical (unpaired) electrons. The van der Waals surface area contributed by atoms with Crippen molar-refractivity contribution in [2.24, 2.45) is 5.92 Å². The van der Waals surface area contributed by atoms with Crippen LogP contribution in [0.4, 0.5) is 4.39 Å². The Hall–Kier alpha value is -4.01. The quantitative estimate of drug-likeness (QED) is 0.421. The van der Waals surface area contributed by atoms with Crippen molar-refractivity contribution in [3.8, 4) is 34.3 Å². The summed E-state index contributed by atoms with van der Waals surface area (Å²) in [5.74, 6) is -0.138. The van der Waals surface area contributed by atoms with Crippen molar-refractivity contribution in [3.63, 3.8) is 0 Å². The number of nitrogens with one attached hydrogen (secondary N) is 1. The van der Waals surface area contributed by atoms with Gasteiger partial charge in [0, 0.05) is 23.9 Å². The lowest BCUT2D eigenvalue weighted by molar-refractivity contribution is -0.143. The van der Waals surface area contributed by atoms with Crippen molar-refractivity contribution in [1.82, 2.24) is 19.9 Å². The van der Waals surface area contributed by atoms with Crippen molar-refractivity contribution in [1.29, 1.82) is 0 Å². The molecular formula is C25H23FN4O4. The normalized spacial score (nSPS) is 18.1. The maximum absolute atomic E-state index is 15.0. The summed E-state index contributed by atoms with van der Waals surface area (Å²) in [4.78, 5) is 27.2. The average Bonchev–Trinajstić information content (AvgIpc) is 3.27. The fourth-order valence-electron chi connectivity index (χ4n) is 4.22. The van der Waals surface area contributed by atoms with Crippen LogP contribution >= 0.6 is 0 Å². The highest BCUT2D eigenvalue weighted by Gasteiger charge is 2.27. The molecule has 1 saturated carbocycles. The van der Waals surface area contributed by atoms with Gasteiger partial charge in [-0.2, -0.15) is 4.98 Å². The van der Waals surface area contributed by atoms with Gasteiger partial charge in [0.15, 0.2) is 5.65 Å². The number of aromatic nitrogens is 4. The molecule has 0 atom stereocenters. The molecule has 2 N–H and O–H groups in total. The second-order valence-electron chi connectivity index (χ2n) is 8.32. The number of ether oxygens (including phenoxy) is 2. The predicted octanol–water partition coefficient (Wildman–Crippen LogP) is 4.86. The fraction of sp³-hybridized carbons (Fsp3) is 0.280. The summed E-state index contributed by atoms with van der Waals surface area (Å²) in [5, 5.41) is 9.11. The van der Waals surface area contributed by atoms with Gasteiger partial charge in [-0.25, -0.2) is 14.4 Å². The number of aliphatic carboxylic acids is 1. The number of carboxylic acids is 1. The van der Waals surface area contributed by atoms with Crippen LogP contribution in [0.25, 0.3) is 33.7 Å². The molecule has 8 nitrogen and oxygen atoms in total. The molecule has 0 aliphatic heterocycles. The summed E-state index contributed by atoms with van der Waals surface area (Å²) in [6.07, 6.45) is 4.21. The lowest BCUT2D eigenvalue weighted by atomic mass is 9.87. The van der Waals surface area contributed by atoms with Gasteiger partial charge in [0.25, 0.3) is 0 Å². The van der Waals surface area contributed by atoms with Crippen molar-refractivity contribution >= 4 is 17.1 Å². The van der Waals surface area contributed by atoms with Gasteiger partial charge in [0.05, 0.1) is 24.1 Å². The van der Waals surface area contributed by atoms with Crippen LogP contribution in [-0.2, 0) is 4.79 Å². The maximum atomic E-state index is 15.0. The van der Waals surface area contributed by atoms with Gasteiger partial charge in [-0.05, 0) is 55.5 Å². The number of fused-ring (bicyclic) bond motifs is 1. The van der Waals surface area contributed by atoms with Gasteiger partial charge in [0.2, 0.25) is 11.8 Å². The zero-order chi connectivity index (χ0) is 23.7. The average molecular weight is 462 g/mol. The Kier molecular flexibility index (Phi) is 5.83. The lowest BCUT2D eigenvalue weighted by Gasteiger charge is -2.26. The third-order valence-corrected chi connectivity index (χ3v) is 6.13. The SMILES string of the molecule is COc1ccc2[nH]c(-c3ccc(-c4ccc(OC5CCC(C(=O)O)CC5)nc4)cc3F)nc2n1. The monoisotopic (exact) mass is 462 g/mol. The number of halogens is 1. The minimum Gasteiger partial charge on any atom is -0.481 e. The first-order chi connectivity index (χ1) is 16.5. The number of H-pyrrole nitrogens is 1. The molecule has 1 aromatic carbocycles. The van der Waals surface area contributed by atoms with Gasteiger partial charge in [0.1, 0.15) is 17.7 Å². The number of rotatable bonds is 6. The number of methoxy groups -OCH3 is 1. The van der Waals surface area contributed by atoms with E-state index in [-0.39, 0.29) is 12.0 Å². The van der Waals surface area contributed by atoms with E-state index in [1.807, 2.05) is 12.1 Å². The van der Waals surface area contributed by atoms with E-state index in [1.54, 1.807) is 30.5 Å². The number of hydrogen-bond donors (Lipinski definition) is 2. The molecule has 0 spiro atoms. The van der Waals surface area contributed by atoms with Crippen LogP contribution in [-0.4, -0.2) is 44.2 Å². The fourth-order valence-corrected chi connectivity index (χ4v) is 4.22. The third-order valence-electron chi connectivity index (χ3n) is 6.13. The lowest BCUT2D eigenvalue weighted by Crippen LogP contribution is -2.28. The van der Waals surface area contributed by atoms with Crippen molar-refractivity contribution in [2.75, 3.05) is 7.11 Å². The molecule has 5 rings (SSSR count). The molecule has 9 heteroatoms. The standard InChI is InChI=1S/C25H23FN4O4/c1-33-22-11-9-20-24(29-22)30-23(28-20)18-8-4-15(12-19(18)26)16-5-10-21(27-13-16)34-17-6-2-14(3-7-17)25(31)32/h4-5,8-14,17H,2-3,6-7H2,1H3,(H,31,32)(H,28,29,30). The van der Waals surface area contributed by atoms with Gasteiger partial charge >= 0.3 is 5.97 Å². The molecule has 3 heterocycles. The van der Waals surface area contributed by atoms with E-state index in [0.717, 1.165) is 5.56 Å². The highest BCUT2D eigenvalue weighted by Crippen LogP contribution is 2.30. The molecule has 0 bridgehead atoms. The van der Waals surface area contributed by atoms with Gasteiger partial charge in [-0.3, -0.25) is 4.79 Å². The first-order valence-electron chi connectivity index (χ1n) is 11.1. The first-order valence-corrected chi connectivity index (χ1v) is 11.1. The number of hydrogen-bond acceptors (Lipinski definition) is 6. The van der Waals surface area contributed by atoms with E-state index in [4.69, 9.17) is 14.6 Å². The number of benzene rings is 1. The molecule has 4 aromatic rings. The third kappa shape index (κ3) is 4.41. The topological polar surface area (TPSA) is 110 Å². The molecule has 0 saturated heterocycles. The number of imidazole rings is 1. The number of aromatic amines is 1. The highest BCUT2D eigenvalue weighted by atomic mass is 19.1. The van der Waals surface area contributed by atoms with Crippen LogP contribution in [0.3, 0.4) is 0 Å². The van der Waals surface area contributed by atoms with Crippen LogP contribution in [0.15, 0.2) is 48.7 Å². The molecule has 3 aromatic heterocycles. The number of carbonyl (C=O) groups is 1. The Morgan fingerprint density at radius 2 is 1.79 bits per heavy atom. The van der Waals surface area contributed by atoms with E-state index < -0.39 is 11.8 Å². The van der Waals surface area contributed by atoms with E-state index in [2.05, 4.69) is 19.9 Å². The van der Waals surface area contributed by atoms with Crippen LogP contribution < -0.4 is 9.47 Å². The van der Waals surface area contributed by atoms with Crippen LogP contribution in [0.1, 0.15) is 25.7 Å². The summed E-state index contributed by atoms with van der Waals surface area (Å²) in [7, 11) is 1.53. The zero-order valence-electron chi connectivity index (χ0n) is 18.5. The molecule has 1 aliphatic carbocycles. The Labute approximate surface area is 194 Å². The minimum atomic E-state index is -0.739. The molecule has 1 fully saturated rings. The van der Waals surface area contributed by atoms with Gasteiger partial charge < -0.3 is 19.6 Å². The van der Waals surface area contributed by atoms with E-state index in [0.29, 0.717) is 65.6 Å². The minimum absolute atomic E-state index is 0.0380. The number of nitrogens with zero attached hydrogens (tertiary/aromatic N) is 3. The summed E-state index contributed by atoms with van der Waals surface area (Å²) in [5.41, 5.74) is 2.91. The molecule has 34 heavy (non-hydrogen) atoms. The summed E-state index contributed by atoms with van der Waals surface area (Å²) >= 11 is 0. The number of carboxylic acid groups (broad SMARTS) is 1. The van der Waals surface area contributed by atoms with Crippen molar-refractivity contribution in [3.05, 3.63) is 54.5 Å². The van der Waals surface area contributed by atoms with Crippen LogP contribution in [0.2, 0.25) is 0 Å². The molecular weight excluding hydrogens is 439 g/mol. The molecule has 0 unspecified atom stereocenters. The van der Waals surface area contributed by atoms with Crippen LogP contribution in [0, 0.1) is 11.7 Å². The van der Waals surface area contributed by atoms with Crippen molar-refractivity contribution in [2.45, 2.75) is 31.8 Å². The van der Waals surface area contributed by atoms with E-state index in [1.165, 1.54) is 13.2 Å². The Balaban J connectivity index is 1.29. The maximum Gasteiger partial charge on any atom is 0.306 e. The van der Waals surface area contributed by atoms with Gasteiger partial charge in [-0.15, -0.1) is 0 Å². The van der Waals surface area contributed by atoms with Gasteiger partial charge in [-0.1, -0.05) is 6.07 Å². The summed E-state index contributed by atoms with van der Waals surface area (Å²) in [6.45, 7) is 0. The highest BCUT2D eigenvalue weighted by molar-refractivity contribution is 5.77. The molecule has 1 aliphatic rings. The second kappa shape index (κ2) is 9.09. The van der Waals surface area contributed by atoms with Crippen molar-refractivity contribution < 1.29 is 23.8 Å². The van der Waals surface area contributed by atoms with E-state index in [9.17, 15) is 9.18 Å².